The number of carbonyl (C=O) groups excluding carboxylic acids is 3. The molecular formula is C25H26N4O5S2. The maximum atomic E-state index is 13.6. The van der Waals surface area contributed by atoms with Gasteiger partial charge in [0, 0.05) is 17.4 Å². The summed E-state index contributed by atoms with van der Waals surface area (Å²) in [5.74, 6) is -1.02. The number of thiophene rings is 1. The molecule has 0 saturated carbocycles. The zero-order chi connectivity index (χ0) is 25.4. The van der Waals surface area contributed by atoms with Gasteiger partial charge in [-0.05, 0) is 42.5 Å². The van der Waals surface area contributed by atoms with Crippen molar-refractivity contribution in [1.82, 2.24) is 19.5 Å². The molecule has 2 aliphatic rings. The number of hydrogen-bond acceptors (Lipinski definition) is 7. The van der Waals surface area contributed by atoms with Crippen molar-refractivity contribution in [1.29, 1.82) is 0 Å². The van der Waals surface area contributed by atoms with Crippen molar-refractivity contribution in [3.63, 3.8) is 0 Å². The fourth-order valence-corrected chi connectivity index (χ4v) is 7.56. The Morgan fingerprint density at radius 3 is 2.69 bits per heavy atom. The van der Waals surface area contributed by atoms with E-state index in [2.05, 4.69) is 10.3 Å². The minimum Gasteiger partial charge on any atom is -0.340 e. The van der Waals surface area contributed by atoms with E-state index in [0.29, 0.717) is 24.1 Å². The Kier molecular flexibility index (Phi) is 6.62. The van der Waals surface area contributed by atoms with E-state index in [4.69, 9.17) is 0 Å². The lowest BCUT2D eigenvalue weighted by atomic mass is 10.1. The second kappa shape index (κ2) is 9.72. The molecule has 11 heteroatoms. The molecule has 188 valence electrons. The minimum absolute atomic E-state index is 0.123. The van der Waals surface area contributed by atoms with E-state index in [0.717, 1.165) is 10.1 Å². The Morgan fingerprint density at radius 1 is 1.19 bits per heavy atom. The number of rotatable bonds is 7. The Hall–Kier alpha value is -3.15. The molecule has 36 heavy (non-hydrogen) atoms. The Bertz CT molecular complexity index is 1390. The van der Waals surface area contributed by atoms with E-state index in [1.807, 2.05) is 31.2 Å². The van der Waals surface area contributed by atoms with Crippen molar-refractivity contribution in [2.45, 2.75) is 49.3 Å². The van der Waals surface area contributed by atoms with Gasteiger partial charge < -0.3 is 10.2 Å². The Labute approximate surface area is 213 Å². The minimum atomic E-state index is -3.98. The lowest BCUT2D eigenvalue weighted by Crippen LogP contribution is -2.52. The van der Waals surface area contributed by atoms with Crippen LogP contribution in [-0.4, -0.2) is 71.4 Å². The zero-order valence-corrected chi connectivity index (χ0v) is 21.3. The molecular weight excluding hydrogens is 500 g/mol. The molecule has 0 bridgehead atoms. The van der Waals surface area contributed by atoms with Crippen LogP contribution < -0.4 is 5.32 Å². The van der Waals surface area contributed by atoms with Crippen molar-refractivity contribution >= 4 is 49.0 Å². The highest BCUT2D eigenvalue weighted by Gasteiger charge is 2.54. The molecule has 9 nitrogen and oxygen atoms in total. The summed E-state index contributed by atoms with van der Waals surface area (Å²) in [6, 6.07) is 11.8. The molecule has 0 spiro atoms. The number of amides is 2. The summed E-state index contributed by atoms with van der Waals surface area (Å²) in [4.78, 5) is 45.5. The number of nitrogens with zero attached hydrogens (tertiary/aromatic N) is 3. The molecule has 3 unspecified atom stereocenters. The zero-order valence-electron chi connectivity index (χ0n) is 19.7. The first-order chi connectivity index (χ1) is 17.3. The number of fused-ring (bicyclic) bond motifs is 2. The predicted octanol–water partition coefficient (Wildman–Crippen LogP) is 2.44. The lowest BCUT2D eigenvalue weighted by Gasteiger charge is -2.28. The maximum absolute atomic E-state index is 13.6. The number of aromatic nitrogens is 1. The molecule has 2 amide bonds. The quantitative estimate of drug-likeness (QED) is 0.506. The molecule has 1 aromatic carbocycles. The molecule has 3 aromatic rings. The fraction of sp³-hybridized carbons (Fsp3) is 0.360. The van der Waals surface area contributed by atoms with Gasteiger partial charge in [-0.2, -0.15) is 4.31 Å². The van der Waals surface area contributed by atoms with Gasteiger partial charge in [0.15, 0.2) is 10.8 Å². The van der Waals surface area contributed by atoms with Crippen molar-refractivity contribution < 1.29 is 22.8 Å². The summed E-state index contributed by atoms with van der Waals surface area (Å²) in [6.07, 6.45) is 2.80. The van der Waals surface area contributed by atoms with Crippen molar-refractivity contribution in [3.05, 3.63) is 59.6 Å². The van der Waals surface area contributed by atoms with Gasteiger partial charge in [-0.1, -0.05) is 37.6 Å². The second-order valence-electron chi connectivity index (χ2n) is 8.98. The summed E-state index contributed by atoms with van der Waals surface area (Å²) in [7, 11) is -3.98. The lowest BCUT2D eigenvalue weighted by molar-refractivity contribution is -0.138. The molecule has 3 atom stereocenters. The van der Waals surface area contributed by atoms with Gasteiger partial charge in [0.25, 0.3) is 15.9 Å². The number of likely N-dealkylation sites (tertiary alicyclic amines) is 1. The largest absolute Gasteiger partial charge is 0.340 e. The van der Waals surface area contributed by atoms with Crippen LogP contribution in [0, 0.1) is 0 Å². The van der Waals surface area contributed by atoms with Crippen LogP contribution in [0.4, 0.5) is 0 Å². The van der Waals surface area contributed by atoms with Crippen LogP contribution in [0.15, 0.2) is 59.8 Å². The summed E-state index contributed by atoms with van der Waals surface area (Å²) >= 11 is 1.36. The van der Waals surface area contributed by atoms with Gasteiger partial charge in [-0.3, -0.25) is 14.4 Å². The van der Waals surface area contributed by atoms with Gasteiger partial charge in [0.05, 0.1) is 17.5 Å². The highest BCUT2D eigenvalue weighted by atomic mass is 32.2. The van der Waals surface area contributed by atoms with E-state index in [9.17, 15) is 22.8 Å². The molecule has 2 aromatic heterocycles. The third-order valence-corrected chi connectivity index (χ3v) is 9.60. The van der Waals surface area contributed by atoms with Gasteiger partial charge in [0.1, 0.15) is 12.1 Å². The smallest absolute Gasteiger partial charge is 0.262 e. The van der Waals surface area contributed by atoms with Crippen molar-refractivity contribution in [2.75, 3.05) is 13.1 Å². The Balaban J connectivity index is 1.34. The maximum Gasteiger partial charge on any atom is 0.262 e. The molecule has 1 N–H and O–H groups in total. The number of ketones is 1. The van der Waals surface area contributed by atoms with E-state index < -0.39 is 28.1 Å². The SMILES string of the molecule is CCCC(NC(=O)c1cc2ccccc2s1)C(=O)N1CCC2C1C(=O)CN2S(=O)(=O)c1ccccn1. The summed E-state index contributed by atoms with van der Waals surface area (Å²) in [6.45, 7) is 1.86. The topological polar surface area (TPSA) is 117 Å². The van der Waals surface area contributed by atoms with Crippen LogP contribution in [0.25, 0.3) is 10.1 Å². The second-order valence-corrected chi connectivity index (χ2v) is 11.9. The van der Waals surface area contributed by atoms with E-state index in [1.165, 1.54) is 32.8 Å². The average Bonchev–Trinajstić information content (AvgIpc) is 3.59. The van der Waals surface area contributed by atoms with Crippen LogP contribution in [0.1, 0.15) is 35.9 Å². The number of pyridine rings is 1. The summed E-state index contributed by atoms with van der Waals surface area (Å²) in [5, 5.41) is 3.70. The fourth-order valence-electron chi connectivity index (χ4n) is 5.03. The number of nitrogens with one attached hydrogen (secondary N) is 1. The molecule has 5 rings (SSSR count). The van der Waals surface area contributed by atoms with Crippen LogP contribution in [-0.2, 0) is 19.6 Å². The monoisotopic (exact) mass is 526 g/mol. The highest BCUT2D eigenvalue weighted by molar-refractivity contribution is 7.89. The van der Waals surface area contributed by atoms with Crippen LogP contribution in [0.2, 0.25) is 0 Å². The third-order valence-electron chi connectivity index (χ3n) is 6.70. The van der Waals surface area contributed by atoms with Crippen LogP contribution >= 0.6 is 11.3 Å². The Morgan fingerprint density at radius 2 is 1.97 bits per heavy atom. The normalized spacial score (nSPS) is 21.0. The predicted molar refractivity (Wildman–Crippen MR) is 135 cm³/mol. The number of Topliss-reactive ketones (excluding diaryl/α,β-unsaturated/α-hetero) is 1. The first-order valence-corrected chi connectivity index (χ1v) is 14.1. The number of hydrogen-bond donors (Lipinski definition) is 1. The van der Waals surface area contributed by atoms with Gasteiger partial charge >= 0.3 is 0 Å². The van der Waals surface area contributed by atoms with Crippen LogP contribution in [0.3, 0.4) is 0 Å². The van der Waals surface area contributed by atoms with Crippen molar-refractivity contribution in [3.8, 4) is 0 Å². The van der Waals surface area contributed by atoms with E-state index >= 15 is 0 Å². The first-order valence-electron chi connectivity index (χ1n) is 11.9. The molecule has 2 saturated heterocycles. The van der Waals surface area contributed by atoms with Gasteiger partial charge in [-0.15, -0.1) is 11.3 Å². The van der Waals surface area contributed by atoms with E-state index in [1.54, 1.807) is 18.2 Å². The summed E-state index contributed by atoms with van der Waals surface area (Å²) < 4.78 is 28.5. The van der Waals surface area contributed by atoms with Crippen molar-refractivity contribution in [2.24, 2.45) is 0 Å². The first kappa shape index (κ1) is 24.5. The molecule has 2 fully saturated rings. The molecule has 4 heterocycles. The van der Waals surface area contributed by atoms with Crippen LogP contribution in [0.5, 0.6) is 0 Å². The number of sulfonamides is 1. The third kappa shape index (κ3) is 4.31. The number of benzene rings is 1. The highest BCUT2D eigenvalue weighted by Crippen LogP contribution is 2.34. The number of carbonyl (C=O) groups is 3. The molecule has 0 aliphatic carbocycles. The molecule has 2 aliphatic heterocycles. The standard InChI is InChI=1S/C25H26N4O5S2/c1-2-7-17(27-24(31)21-14-16-8-3-4-9-20(16)35-21)25(32)28-13-11-18-23(28)19(30)15-29(18)36(33,34)22-10-5-6-12-26-22/h3-6,8-10,12,14,17-18,23H,2,7,11,13,15H2,1H3,(H,27,31). The molecule has 0 radical (unpaired) electrons. The average molecular weight is 527 g/mol. The van der Waals surface area contributed by atoms with Gasteiger partial charge in [-0.25, -0.2) is 13.4 Å². The van der Waals surface area contributed by atoms with Gasteiger partial charge in [0.2, 0.25) is 5.91 Å². The summed E-state index contributed by atoms with van der Waals surface area (Å²) in [5.41, 5.74) is 0. The van der Waals surface area contributed by atoms with E-state index in [-0.39, 0.29) is 35.7 Å².